The molecule has 1 rings (SSSR count). The monoisotopic (exact) mass is 227 g/mol. The van der Waals surface area contributed by atoms with E-state index in [2.05, 4.69) is 20.2 Å². The van der Waals surface area contributed by atoms with Crippen molar-refractivity contribution in [3.05, 3.63) is 11.7 Å². The first-order chi connectivity index (χ1) is 7.63. The number of esters is 1. The van der Waals surface area contributed by atoms with E-state index in [1.165, 1.54) is 0 Å². The quantitative estimate of drug-likeness (QED) is 0.555. The van der Waals surface area contributed by atoms with E-state index >= 15 is 0 Å². The molecule has 7 nitrogen and oxygen atoms in total. The van der Waals surface area contributed by atoms with Gasteiger partial charge in [-0.15, -0.1) is 0 Å². The maximum absolute atomic E-state index is 11.1. The van der Waals surface area contributed by atoms with E-state index in [1.54, 1.807) is 13.8 Å². The third kappa shape index (κ3) is 3.68. The molecule has 1 aromatic heterocycles. The third-order valence-corrected chi connectivity index (χ3v) is 1.65. The predicted octanol–water partition coefficient (Wildman–Crippen LogP) is -0.400. The molecule has 1 N–H and O–H groups in total. The van der Waals surface area contributed by atoms with Gasteiger partial charge in [0.15, 0.2) is 5.82 Å². The molecule has 0 atom stereocenters. The van der Waals surface area contributed by atoms with Gasteiger partial charge in [-0.1, -0.05) is 5.16 Å². The summed E-state index contributed by atoms with van der Waals surface area (Å²) >= 11 is 0. The fourth-order valence-corrected chi connectivity index (χ4v) is 0.993. The molecule has 16 heavy (non-hydrogen) atoms. The number of nitrogens with one attached hydrogen (secondary N) is 1. The van der Waals surface area contributed by atoms with Crippen LogP contribution in [0.3, 0.4) is 0 Å². The zero-order valence-electron chi connectivity index (χ0n) is 9.15. The zero-order chi connectivity index (χ0) is 12.0. The molecule has 0 aliphatic carbocycles. The van der Waals surface area contributed by atoms with Crippen molar-refractivity contribution in [3.63, 3.8) is 0 Å². The van der Waals surface area contributed by atoms with Crippen molar-refractivity contribution in [2.24, 2.45) is 0 Å². The van der Waals surface area contributed by atoms with Crippen LogP contribution in [-0.2, 0) is 20.7 Å². The van der Waals surface area contributed by atoms with Crippen molar-refractivity contribution in [2.75, 3.05) is 13.2 Å². The first-order valence-electron chi connectivity index (χ1n) is 4.87. The lowest BCUT2D eigenvalue weighted by atomic mass is 10.4. The molecule has 0 saturated heterocycles. The molecule has 1 amide bonds. The zero-order valence-corrected chi connectivity index (χ0v) is 9.15. The Morgan fingerprint density at radius 2 is 2.25 bits per heavy atom. The molecule has 0 aliphatic rings. The van der Waals surface area contributed by atoms with Crippen molar-refractivity contribution in [2.45, 2.75) is 20.3 Å². The molecular weight excluding hydrogens is 214 g/mol. The van der Waals surface area contributed by atoms with E-state index in [1.807, 2.05) is 0 Å². The summed E-state index contributed by atoms with van der Waals surface area (Å²) in [5.41, 5.74) is 0. The minimum atomic E-state index is -0.885. The van der Waals surface area contributed by atoms with Crippen LogP contribution in [-0.4, -0.2) is 35.2 Å². The SMILES string of the molecule is CCOC(=O)C(=O)NCCc1nc(C)no1. The number of carbonyl (C=O) groups is 2. The largest absolute Gasteiger partial charge is 0.459 e. The van der Waals surface area contributed by atoms with Gasteiger partial charge in [0.25, 0.3) is 0 Å². The number of ether oxygens (including phenoxy) is 1. The summed E-state index contributed by atoms with van der Waals surface area (Å²) in [7, 11) is 0. The van der Waals surface area contributed by atoms with Gasteiger partial charge in [0.1, 0.15) is 0 Å². The van der Waals surface area contributed by atoms with Crippen LogP contribution in [0.2, 0.25) is 0 Å². The van der Waals surface area contributed by atoms with Crippen LogP contribution < -0.4 is 5.32 Å². The Kier molecular flexibility index (Phi) is 4.43. The molecular formula is C9H13N3O4. The van der Waals surface area contributed by atoms with Crippen molar-refractivity contribution >= 4 is 11.9 Å². The van der Waals surface area contributed by atoms with Crippen molar-refractivity contribution in [3.8, 4) is 0 Å². The van der Waals surface area contributed by atoms with Gasteiger partial charge in [-0.25, -0.2) is 4.79 Å². The number of carbonyl (C=O) groups excluding carboxylic acids is 2. The van der Waals surface area contributed by atoms with Gasteiger partial charge in [0, 0.05) is 13.0 Å². The number of aromatic nitrogens is 2. The van der Waals surface area contributed by atoms with E-state index in [0.717, 1.165) is 0 Å². The summed E-state index contributed by atoms with van der Waals surface area (Å²) in [4.78, 5) is 25.9. The summed E-state index contributed by atoms with van der Waals surface area (Å²) in [5.74, 6) is -0.698. The average molecular weight is 227 g/mol. The highest BCUT2D eigenvalue weighted by molar-refractivity contribution is 6.32. The lowest BCUT2D eigenvalue weighted by molar-refractivity contribution is -0.154. The smallest absolute Gasteiger partial charge is 0.396 e. The first-order valence-corrected chi connectivity index (χ1v) is 4.87. The maximum Gasteiger partial charge on any atom is 0.396 e. The number of rotatable bonds is 4. The van der Waals surface area contributed by atoms with Gasteiger partial charge >= 0.3 is 11.9 Å². The molecule has 0 bridgehead atoms. The van der Waals surface area contributed by atoms with E-state index < -0.39 is 11.9 Å². The lowest BCUT2D eigenvalue weighted by Crippen LogP contribution is -2.33. The molecule has 1 aromatic rings. The Hall–Kier alpha value is -1.92. The summed E-state index contributed by atoms with van der Waals surface area (Å²) in [5, 5.41) is 5.97. The predicted molar refractivity (Wildman–Crippen MR) is 52.4 cm³/mol. The second-order valence-corrected chi connectivity index (χ2v) is 2.96. The van der Waals surface area contributed by atoms with Gasteiger partial charge in [0.2, 0.25) is 5.89 Å². The Balaban J connectivity index is 2.25. The Morgan fingerprint density at radius 3 is 2.81 bits per heavy atom. The molecule has 0 fully saturated rings. The van der Waals surface area contributed by atoms with Crippen LogP contribution in [0.5, 0.6) is 0 Å². The van der Waals surface area contributed by atoms with E-state index in [4.69, 9.17) is 4.52 Å². The summed E-state index contributed by atoms with van der Waals surface area (Å²) < 4.78 is 9.33. The van der Waals surface area contributed by atoms with Crippen molar-refractivity contribution < 1.29 is 18.8 Å². The minimum absolute atomic E-state index is 0.176. The summed E-state index contributed by atoms with van der Waals surface area (Å²) in [6.07, 6.45) is 0.381. The highest BCUT2D eigenvalue weighted by atomic mass is 16.5. The molecule has 7 heteroatoms. The second kappa shape index (κ2) is 5.84. The van der Waals surface area contributed by atoms with Crippen molar-refractivity contribution in [1.29, 1.82) is 0 Å². The Bertz CT molecular complexity index is 375. The highest BCUT2D eigenvalue weighted by Crippen LogP contribution is 1.95. The number of hydrogen-bond acceptors (Lipinski definition) is 6. The molecule has 0 aromatic carbocycles. The van der Waals surface area contributed by atoms with Crippen LogP contribution >= 0.6 is 0 Å². The molecule has 1 heterocycles. The van der Waals surface area contributed by atoms with Gasteiger partial charge in [0.05, 0.1) is 6.61 Å². The van der Waals surface area contributed by atoms with Gasteiger partial charge in [-0.3, -0.25) is 4.79 Å². The van der Waals surface area contributed by atoms with Crippen LogP contribution in [0.4, 0.5) is 0 Å². The standard InChI is InChI=1S/C9H13N3O4/c1-3-15-9(14)8(13)10-5-4-7-11-6(2)12-16-7/h3-5H2,1-2H3,(H,10,13). The number of nitrogens with zero attached hydrogens (tertiary/aromatic N) is 2. The molecule has 0 spiro atoms. The van der Waals surface area contributed by atoms with Crippen molar-refractivity contribution in [1.82, 2.24) is 15.5 Å². The second-order valence-electron chi connectivity index (χ2n) is 2.96. The van der Waals surface area contributed by atoms with E-state index in [-0.39, 0.29) is 13.2 Å². The average Bonchev–Trinajstić information content (AvgIpc) is 2.64. The van der Waals surface area contributed by atoms with Crippen LogP contribution in [0.15, 0.2) is 4.52 Å². The van der Waals surface area contributed by atoms with Crippen LogP contribution in [0, 0.1) is 6.92 Å². The van der Waals surface area contributed by atoms with E-state index in [9.17, 15) is 9.59 Å². The van der Waals surface area contributed by atoms with Gasteiger partial charge < -0.3 is 14.6 Å². The fourth-order valence-electron chi connectivity index (χ4n) is 0.993. The number of amides is 1. The number of aryl methyl sites for hydroxylation is 1. The lowest BCUT2D eigenvalue weighted by Gasteiger charge is -2.02. The molecule has 0 unspecified atom stereocenters. The Morgan fingerprint density at radius 1 is 1.50 bits per heavy atom. The van der Waals surface area contributed by atoms with Gasteiger partial charge in [-0.05, 0) is 13.8 Å². The maximum atomic E-state index is 11.1. The van der Waals surface area contributed by atoms with Crippen LogP contribution in [0.1, 0.15) is 18.6 Å². The fraction of sp³-hybridized carbons (Fsp3) is 0.556. The Labute approximate surface area is 92.2 Å². The summed E-state index contributed by atoms with van der Waals surface area (Å²) in [6.45, 7) is 3.75. The molecule has 0 aliphatic heterocycles. The molecule has 88 valence electrons. The van der Waals surface area contributed by atoms with E-state index in [0.29, 0.717) is 18.1 Å². The first kappa shape index (κ1) is 12.2. The topological polar surface area (TPSA) is 94.3 Å². The molecule has 0 saturated carbocycles. The summed E-state index contributed by atoms with van der Waals surface area (Å²) in [6, 6.07) is 0. The minimum Gasteiger partial charge on any atom is -0.459 e. The van der Waals surface area contributed by atoms with Crippen LogP contribution in [0.25, 0.3) is 0 Å². The number of hydrogen-bond donors (Lipinski definition) is 1. The normalized spacial score (nSPS) is 9.88. The molecule has 0 radical (unpaired) electrons. The van der Waals surface area contributed by atoms with Gasteiger partial charge in [-0.2, -0.15) is 4.98 Å². The third-order valence-electron chi connectivity index (χ3n) is 1.65. The highest BCUT2D eigenvalue weighted by Gasteiger charge is 2.13.